The van der Waals surface area contributed by atoms with Crippen LogP contribution in [0.25, 0.3) is 5.69 Å². The molecule has 11 heteroatoms. The summed E-state index contributed by atoms with van der Waals surface area (Å²) in [5.41, 5.74) is -1.45. The molecule has 0 aliphatic carbocycles. The van der Waals surface area contributed by atoms with Gasteiger partial charge >= 0.3 is 18.1 Å². The summed E-state index contributed by atoms with van der Waals surface area (Å²) in [5, 5.41) is 4.28. The Balaban J connectivity index is 2.33. The molecule has 0 amide bonds. The van der Waals surface area contributed by atoms with Crippen molar-refractivity contribution in [3.05, 3.63) is 76.9 Å². The Hall–Kier alpha value is -3.53. The van der Waals surface area contributed by atoms with Crippen molar-refractivity contribution in [3.63, 3.8) is 0 Å². The number of hydrogen-bond acceptors (Lipinski definition) is 6. The number of carbonyl (C=O) groups excluding carboxylic acids is 2. The van der Waals surface area contributed by atoms with Crippen molar-refractivity contribution in [1.82, 2.24) is 9.78 Å². The number of aromatic nitrogens is 2. The van der Waals surface area contributed by atoms with Gasteiger partial charge in [0.1, 0.15) is 5.70 Å². The quantitative estimate of drug-likeness (QED) is 0.651. The van der Waals surface area contributed by atoms with Gasteiger partial charge in [0, 0.05) is 12.4 Å². The first kappa shape index (κ1) is 22.2. The second kappa shape index (κ2) is 8.68. The summed E-state index contributed by atoms with van der Waals surface area (Å²) in [4.78, 5) is 26.0. The molecule has 162 valence electrons. The monoisotopic (exact) mass is 453 g/mol. The Kier molecular flexibility index (Phi) is 6.21. The molecule has 31 heavy (non-hydrogen) atoms. The molecule has 3 rings (SSSR count). The van der Waals surface area contributed by atoms with Crippen LogP contribution in [-0.4, -0.2) is 35.9 Å². The maximum atomic E-state index is 13.5. The summed E-state index contributed by atoms with van der Waals surface area (Å²) < 4.78 is 51.2. The molecule has 1 aromatic heterocycles. The standard InChI is InChI=1S/C20H15ClF3N3O4/c1-30-18(28)14-5-3-4-8-26(17(14)19(29)31-2)16-9-12(20(22,23)24)6-7-15(16)27-11-13(21)10-25-27/h3-11H,1-2H3. The Labute approximate surface area is 179 Å². The predicted molar refractivity (Wildman–Crippen MR) is 105 cm³/mol. The highest BCUT2D eigenvalue weighted by molar-refractivity contribution is 6.30. The van der Waals surface area contributed by atoms with Gasteiger partial charge in [-0.05, 0) is 30.4 Å². The van der Waals surface area contributed by atoms with Crippen molar-refractivity contribution < 1.29 is 32.2 Å². The first-order valence-corrected chi connectivity index (χ1v) is 9.02. The summed E-state index contributed by atoms with van der Waals surface area (Å²) in [6.45, 7) is 0. The van der Waals surface area contributed by atoms with Gasteiger partial charge in [0.05, 0.1) is 48.0 Å². The predicted octanol–water partition coefficient (Wildman–Crippen LogP) is 4.03. The minimum atomic E-state index is -4.66. The van der Waals surface area contributed by atoms with Crippen LogP contribution >= 0.6 is 11.6 Å². The number of anilines is 1. The Morgan fingerprint density at radius 3 is 2.35 bits per heavy atom. The van der Waals surface area contributed by atoms with E-state index in [4.69, 9.17) is 21.1 Å². The molecule has 1 aliphatic heterocycles. The van der Waals surface area contributed by atoms with Crippen molar-refractivity contribution in [2.75, 3.05) is 19.1 Å². The van der Waals surface area contributed by atoms with E-state index in [1.165, 1.54) is 47.6 Å². The number of esters is 2. The summed E-state index contributed by atoms with van der Waals surface area (Å²) in [6, 6.07) is 2.88. The fourth-order valence-corrected chi connectivity index (χ4v) is 3.01. The lowest BCUT2D eigenvalue weighted by atomic mass is 10.1. The zero-order valence-corrected chi connectivity index (χ0v) is 16.9. The van der Waals surface area contributed by atoms with Gasteiger partial charge in [0.25, 0.3) is 0 Å². The molecule has 0 radical (unpaired) electrons. The third-order valence-electron chi connectivity index (χ3n) is 4.25. The molecule has 0 bridgehead atoms. The molecule has 7 nitrogen and oxygen atoms in total. The molecule has 0 N–H and O–H groups in total. The van der Waals surface area contributed by atoms with Crippen molar-refractivity contribution in [3.8, 4) is 5.69 Å². The lowest BCUT2D eigenvalue weighted by Crippen LogP contribution is -2.28. The Morgan fingerprint density at radius 1 is 1.06 bits per heavy atom. The Bertz CT molecular complexity index is 1120. The number of nitrogens with zero attached hydrogens (tertiary/aromatic N) is 3. The Morgan fingerprint density at radius 2 is 1.77 bits per heavy atom. The maximum absolute atomic E-state index is 13.5. The van der Waals surface area contributed by atoms with Gasteiger partial charge < -0.3 is 14.4 Å². The minimum absolute atomic E-state index is 0.101. The molecule has 0 fully saturated rings. The van der Waals surface area contributed by atoms with Gasteiger partial charge in [-0.15, -0.1) is 0 Å². The summed E-state index contributed by atoms with van der Waals surface area (Å²) in [7, 11) is 2.20. The van der Waals surface area contributed by atoms with E-state index in [0.717, 1.165) is 31.3 Å². The first-order chi connectivity index (χ1) is 14.7. The molecule has 1 aliphatic rings. The molecule has 2 aromatic rings. The average Bonchev–Trinajstić information content (AvgIpc) is 3.05. The van der Waals surface area contributed by atoms with Crippen LogP contribution in [0.3, 0.4) is 0 Å². The van der Waals surface area contributed by atoms with Crippen LogP contribution in [0.15, 0.2) is 66.3 Å². The van der Waals surface area contributed by atoms with Crippen LogP contribution in [0.1, 0.15) is 5.56 Å². The zero-order chi connectivity index (χ0) is 22.8. The largest absolute Gasteiger partial charge is 0.465 e. The van der Waals surface area contributed by atoms with Gasteiger partial charge in [-0.2, -0.15) is 18.3 Å². The molecular formula is C20H15ClF3N3O4. The van der Waals surface area contributed by atoms with Crippen LogP contribution in [-0.2, 0) is 25.2 Å². The van der Waals surface area contributed by atoms with Gasteiger partial charge in [-0.1, -0.05) is 17.7 Å². The summed E-state index contributed by atoms with van der Waals surface area (Å²) in [5.74, 6) is -1.83. The number of alkyl halides is 3. The van der Waals surface area contributed by atoms with Crippen molar-refractivity contribution in [2.45, 2.75) is 6.18 Å². The number of allylic oxidation sites excluding steroid dienone is 2. The lowest BCUT2D eigenvalue weighted by Gasteiger charge is -2.26. The van der Waals surface area contributed by atoms with Gasteiger partial charge in [0.2, 0.25) is 0 Å². The minimum Gasteiger partial charge on any atom is -0.465 e. The highest BCUT2D eigenvalue weighted by atomic mass is 35.5. The molecule has 0 saturated heterocycles. The van der Waals surface area contributed by atoms with Crippen molar-refractivity contribution in [2.24, 2.45) is 0 Å². The summed E-state index contributed by atoms with van der Waals surface area (Å²) in [6.07, 6.45) is 3.53. The highest BCUT2D eigenvalue weighted by Gasteiger charge is 2.34. The van der Waals surface area contributed by atoms with E-state index in [1.54, 1.807) is 0 Å². The fraction of sp³-hybridized carbons (Fsp3) is 0.150. The zero-order valence-electron chi connectivity index (χ0n) is 16.2. The number of methoxy groups -OCH3 is 2. The highest BCUT2D eigenvalue weighted by Crippen LogP contribution is 2.37. The van der Waals surface area contributed by atoms with E-state index in [2.05, 4.69) is 5.10 Å². The molecule has 2 heterocycles. The first-order valence-electron chi connectivity index (χ1n) is 8.64. The van der Waals surface area contributed by atoms with E-state index >= 15 is 0 Å². The van der Waals surface area contributed by atoms with E-state index in [-0.39, 0.29) is 27.7 Å². The number of ether oxygens (including phenoxy) is 2. The van der Waals surface area contributed by atoms with Gasteiger partial charge in [-0.3, -0.25) is 0 Å². The van der Waals surface area contributed by atoms with E-state index in [0.29, 0.717) is 0 Å². The van der Waals surface area contributed by atoms with Crippen LogP contribution in [0, 0.1) is 0 Å². The smallest absolute Gasteiger partial charge is 0.416 e. The average molecular weight is 454 g/mol. The molecule has 0 saturated carbocycles. The number of carbonyl (C=O) groups is 2. The van der Waals surface area contributed by atoms with Crippen LogP contribution in [0.4, 0.5) is 18.9 Å². The fourth-order valence-electron chi connectivity index (χ4n) is 2.87. The second-order valence-corrected chi connectivity index (χ2v) is 6.56. The number of hydrogen-bond donors (Lipinski definition) is 0. The molecular weight excluding hydrogens is 439 g/mol. The van der Waals surface area contributed by atoms with Crippen LogP contribution in [0.5, 0.6) is 0 Å². The second-order valence-electron chi connectivity index (χ2n) is 6.12. The van der Waals surface area contributed by atoms with Crippen LogP contribution < -0.4 is 4.90 Å². The number of benzene rings is 1. The van der Waals surface area contributed by atoms with Crippen molar-refractivity contribution in [1.29, 1.82) is 0 Å². The van der Waals surface area contributed by atoms with Gasteiger partial charge in [0.15, 0.2) is 0 Å². The molecule has 0 atom stereocenters. The maximum Gasteiger partial charge on any atom is 0.416 e. The van der Waals surface area contributed by atoms with E-state index < -0.39 is 23.7 Å². The number of halogens is 4. The molecule has 1 aromatic carbocycles. The van der Waals surface area contributed by atoms with E-state index in [1.807, 2.05) is 0 Å². The number of rotatable bonds is 4. The topological polar surface area (TPSA) is 73.7 Å². The van der Waals surface area contributed by atoms with Crippen molar-refractivity contribution >= 4 is 29.2 Å². The van der Waals surface area contributed by atoms with E-state index in [9.17, 15) is 22.8 Å². The third kappa shape index (κ3) is 4.48. The molecule has 0 unspecified atom stereocenters. The SMILES string of the molecule is COC(=O)C1=C(C(=O)OC)N(c2cc(C(F)(F)F)ccc2-n2cc(Cl)cn2)C=CC=C1. The van der Waals surface area contributed by atoms with Gasteiger partial charge in [-0.25, -0.2) is 14.3 Å². The summed E-state index contributed by atoms with van der Waals surface area (Å²) >= 11 is 5.92. The third-order valence-corrected chi connectivity index (χ3v) is 4.44. The van der Waals surface area contributed by atoms with Crippen LogP contribution in [0.2, 0.25) is 5.02 Å². The lowest BCUT2D eigenvalue weighted by molar-refractivity contribution is -0.139. The normalized spacial score (nSPS) is 13.9. The molecule has 0 spiro atoms.